The Bertz CT molecular complexity index is 310. The molecule has 0 aromatic heterocycles. The Morgan fingerprint density at radius 1 is 1.33 bits per heavy atom. The minimum Gasteiger partial charge on any atom is -0.494 e. The summed E-state index contributed by atoms with van der Waals surface area (Å²) in [7, 11) is 0. The van der Waals surface area contributed by atoms with E-state index >= 15 is 0 Å². The fraction of sp³-hybridized carbons (Fsp3) is 0.769. The van der Waals surface area contributed by atoms with Crippen molar-refractivity contribution in [2.24, 2.45) is 0 Å². The number of carbonyl (C=O) groups excluding carboxylic acids is 1. The molecule has 18 heavy (non-hydrogen) atoms. The van der Waals surface area contributed by atoms with Crippen LogP contribution < -0.4 is 0 Å². The van der Waals surface area contributed by atoms with Crippen molar-refractivity contribution in [1.29, 1.82) is 0 Å². The van der Waals surface area contributed by atoms with E-state index in [1.165, 1.54) is 12.7 Å². The van der Waals surface area contributed by atoms with Crippen LogP contribution in [0.1, 0.15) is 32.1 Å². The van der Waals surface area contributed by atoms with Gasteiger partial charge in [0.15, 0.2) is 0 Å². The van der Waals surface area contributed by atoms with Crippen LogP contribution in [0.2, 0.25) is 0 Å². The van der Waals surface area contributed by atoms with Crippen LogP contribution in [0.3, 0.4) is 0 Å². The molecule has 2 rings (SSSR count). The van der Waals surface area contributed by atoms with Crippen molar-refractivity contribution >= 4 is 5.91 Å². The number of carbonyl (C=O) groups is 1. The lowest BCUT2D eigenvalue weighted by atomic mass is 9.94. The Kier molecular flexibility index (Phi) is 4.87. The van der Waals surface area contributed by atoms with E-state index in [1.54, 1.807) is 4.90 Å². The van der Waals surface area contributed by atoms with E-state index in [2.05, 4.69) is 0 Å². The molecule has 0 unspecified atom stereocenters. The van der Waals surface area contributed by atoms with Gasteiger partial charge in [-0.3, -0.25) is 4.79 Å². The van der Waals surface area contributed by atoms with E-state index in [9.17, 15) is 4.79 Å². The molecule has 2 aliphatic rings. The standard InChI is InChI=1S/C13H21NO4/c15-7-6-14(11-4-2-1-3-5-11)13(16)12-10-17-8-9-18-12/h10-11,15H,1-9H2. The summed E-state index contributed by atoms with van der Waals surface area (Å²) in [6.45, 7) is 1.25. The van der Waals surface area contributed by atoms with Gasteiger partial charge in [-0.05, 0) is 12.8 Å². The lowest BCUT2D eigenvalue weighted by Gasteiger charge is -2.34. The van der Waals surface area contributed by atoms with Crippen molar-refractivity contribution < 1.29 is 19.4 Å². The third-order valence-electron chi connectivity index (χ3n) is 3.48. The van der Waals surface area contributed by atoms with Crippen LogP contribution in [0, 0.1) is 0 Å². The zero-order valence-electron chi connectivity index (χ0n) is 10.6. The molecule has 0 aromatic carbocycles. The van der Waals surface area contributed by atoms with E-state index in [4.69, 9.17) is 14.6 Å². The van der Waals surface area contributed by atoms with Crippen LogP contribution in [-0.2, 0) is 14.3 Å². The smallest absolute Gasteiger partial charge is 0.292 e. The van der Waals surface area contributed by atoms with Gasteiger partial charge in [-0.15, -0.1) is 0 Å². The first-order valence-electron chi connectivity index (χ1n) is 6.69. The summed E-state index contributed by atoms with van der Waals surface area (Å²) < 4.78 is 10.4. The van der Waals surface area contributed by atoms with Crippen molar-refractivity contribution in [3.63, 3.8) is 0 Å². The SMILES string of the molecule is O=C(C1=COCCO1)N(CCO)C1CCCCC1. The number of aliphatic hydroxyl groups is 1. The predicted octanol–water partition coefficient (Wildman–Crippen LogP) is 1.03. The molecule has 5 heteroatoms. The average Bonchev–Trinajstić information content (AvgIpc) is 2.46. The van der Waals surface area contributed by atoms with Gasteiger partial charge >= 0.3 is 0 Å². The largest absolute Gasteiger partial charge is 0.494 e. The van der Waals surface area contributed by atoms with Crippen LogP contribution in [0.25, 0.3) is 0 Å². The maximum atomic E-state index is 12.3. The summed E-state index contributed by atoms with van der Waals surface area (Å²) in [6.07, 6.45) is 6.95. The molecule has 1 N–H and O–H groups in total. The number of aliphatic hydroxyl groups excluding tert-OH is 1. The molecule has 5 nitrogen and oxygen atoms in total. The minimum absolute atomic E-state index is 0.0175. The van der Waals surface area contributed by atoms with Gasteiger partial charge in [0, 0.05) is 12.6 Å². The molecule has 1 aliphatic carbocycles. The molecule has 1 saturated carbocycles. The average molecular weight is 255 g/mol. The summed E-state index contributed by atoms with van der Waals surface area (Å²) in [6, 6.07) is 0.227. The Morgan fingerprint density at radius 3 is 2.72 bits per heavy atom. The van der Waals surface area contributed by atoms with Crippen LogP contribution >= 0.6 is 0 Å². The number of hydrogen-bond donors (Lipinski definition) is 1. The van der Waals surface area contributed by atoms with E-state index in [0.717, 1.165) is 25.7 Å². The summed E-state index contributed by atoms with van der Waals surface area (Å²) in [5.41, 5.74) is 0. The topological polar surface area (TPSA) is 59.0 Å². The first-order valence-corrected chi connectivity index (χ1v) is 6.69. The minimum atomic E-state index is -0.157. The molecular weight excluding hydrogens is 234 g/mol. The van der Waals surface area contributed by atoms with Crippen LogP contribution in [0.4, 0.5) is 0 Å². The van der Waals surface area contributed by atoms with E-state index in [1.807, 2.05) is 0 Å². The fourth-order valence-electron chi connectivity index (χ4n) is 2.57. The molecule has 1 fully saturated rings. The molecule has 0 spiro atoms. The first kappa shape index (κ1) is 13.2. The lowest BCUT2D eigenvalue weighted by molar-refractivity contribution is -0.135. The van der Waals surface area contributed by atoms with E-state index in [0.29, 0.717) is 19.8 Å². The van der Waals surface area contributed by atoms with Crippen molar-refractivity contribution in [1.82, 2.24) is 4.90 Å². The number of rotatable bonds is 4. The van der Waals surface area contributed by atoms with Gasteiger partial charge in [0.2, 0.25) is 5.76 Å². The Balaban J connectivity index is 2.03. The Labute approximate surface area is 107 Å². The second-order valence-electron chi connectivity index (χ2n) is 4.72. The second kappa shape index (κ2) is 6.64. The van der Waals surface area contributed by atoms with Gasteiger partial charge in [0.1, 0.15) is 19.5 Å². The summed E-state index contributed by atoms with van der Waals surface area (Å²) in [5.74, 6) is 0.107. The maximum absolute atomic E-state index is 12.3. The zero-order valence-corrected chi connectivity index (χ0v) is 10.6. The number of amides is 1. The molecule has 0 atom stereocenters. The summed E-state index contributed by atoms with van der Waals surface area (Å²) >= 11 is 0. The van der Waals surface area contributed by atoms with Crippen LogP contribution in [0.15, 0.2) is 12.0 Å². The highest BCUT2D eigenvalue weighted by molar-refractivity contribution is 5.91. The van der Waals surface area contributed by atoms with Crippen molar-refractivity contribution in [3.8, 4) is 0 Å². The lowest BCUT2D eigenvalue weighted by Crippen LogP contribution is -2.44. The summed E-state index contributed by atoms with van der Waals surface area (Å²) in [5, 5.41) is 9.13. The third-order valence-corrected chi connectivity index (χ3v) is 3.48. The normalized spacial score (nSPS) is 20.6. The molecule has 0 bridgehead atoms. The monoisotopic (exact) mass is 255 g/mol. The summed E-state index contributed by atoms with van der Waals surface area (Å²) in [4.78, 5) is 14.1. The van der Waals surface area contributed by atoms with Gasteiger partial charge in [-0.1, -0.05) is 19.3 Å². The van der Waals surface area contributed by atoms with Crippen molar-refractivity contribution in [2.75, 3.05) is 26.4 Å². The van der Waals surface area contributed by atoms with Crippen LogP contribution in [-0.4, -0.2) is 48.3 Å². The molecule has 0 radical (unpaired) electrons. The molecule has 1 aliphatic heterocycles. The Morgan fingerprint density at radius 2 is 2.11 bits per heavy atom. The number of nitrogens with zero attached hydrogens (tertiary/aromatic N) is 1. The molecule has 0 aromatic rings. The highest BCUT2D eigenvalue weighted by Gasteiger charge is 2.29. The molecule has 1 heterocycles. The predicted molar refractivity (Wildman–Crippen MR) is 65.7 cm³/mol. The zero-order chi connectivity index (χ0) is 12.8. The maximum Gasteiger partial charge on any atom is 0.292 e. The molecular formula is C13H21NO4. The highest BCUT2D eigenvalue weighted by atomic mass is 16.6. The second-order valence-corrected chi connectivity index (χ2v) is 4.72. The van der Waals surface area contributed by atoms with E-state index in [-0.39, 0.29) is 24.3 Å². The van der Waals surface area contributed by atoms with Crippen molar-refractivity contribution in [3.05, 3.63) is 12.0 Å². The molecule has 0 saturated heterocycles. The Hall–Kier alpha value is -1.23. The van der Waals surface area contributed by atoms with Crippen LogP contribution in [0.5, 0.6) is 0 Å². The van der Waals surface area contributed by atoms with Gasteiger partial charge in [0.05, 0.1) is 6.61 Å². The molecule has 1 amide bonds. The highest BCUT2D eigenvalue weighted by Crippen LogP contribution is 2.24. The quantitative estimate of drug-likeness (QED) is 0.815. The number of hydrogen-bond acceptors (Lipinski definition) is 4. The first-order chi connectivity index (χ1) is 8.83. The van der Waals surface area contributed by atoms with Gasteiger partial charge < -0.3 is 19.5 Å². The molecule has 102 valence electrons. The van der Waals surface area contributed by atoms with Gasteiger partial charge in [-0.25, -0.2) is 0 Å². The van der Waals surface area contributed by atoms with Crippen molar-refractivity contribution in [2.45, 2.75) is 38.1 Å². The van der Waals surface area contributed by atoms with Gasteiger partial charge in [-0.2, -0.15) is 0 Å². The third kappa shape index (κ3) is 3.16. The van der Waals surface area contributed by atoms with E-state index < -0.39 is 0 Å². The fourth-order valence-corrected chi connectivity index (χ4v) is 2.57. The van der Waals surface area contributed by atoms with Gasteiger partial charge in [0.25, 0.3) is 5.91 Å². The number of ether oxygens (including phenoxy) is 2.